The molecule has 0 saturated carbocycles. The molecule has 72 valence electrons. The summed E-state index contributed by atoms with van der Waals surface area (Å²) in [5.74, 6) is -0.130. The molecule has 1 aromatic carbocycles. The van der Waals surface area contributed by atoms with Crippen molar-refractivity contribution >= 4 is 22.9 Å². The summed E-state index contributed by atoms with van der Waals surface area (Å²) in [4.78, 5) is 17.8. The molecule has 1 aromatic heterocycles. The minimum absolute atomic E-state index is 0.352. The second-order valence-corrected chi connectivity index (χ2v) is 2.81. The minimum atomic E-state index is -0.545. The number of carbonyl (C=O) groups excluding carboxylic acids is 1. The van der Waals surface area contributed by atoms with Gasteiger partial charge in [0.05, 0.1) is 11.0 Å². The summed E-state index contributed by atoms with van der Waals surface area (Å²) in [7, 11) is 0. The van der Waals surface area contributed by atoms with E-state index in [0.29, 0.717) is 5.95 Å². The van der Waals surface area contributed by atoms with Crippen molar-refractivity contribution in [3.63, 3.8) is 0 Å². The average molecular weight is 191 g/mol. The number of aliphatic hydroxyl groups excluding tert-OH is 1. The molecule has 0 fully saturated rings. The fraction of sp³-hybridized carbons (Fsp3) is 0.111. The number of anilines is 1. The monoisotopic (exact) mass is 191 g/mol. The number of aromatic amines is 1. The Kier molecular flexibility index (Phi) is 2.16. The highest BCUT2D eigenvalue weighted by Crippen LogP contribution is 2.12. The van der Waals surface area contributed by atoms with E-state index in [4.69, 9.17) is 5.11 Å². The molecule has 0 bridgehead atoms. The zero-order chi connectivity index (χ0) is 9.97. The third-order valence-electron chi connectivity index (χ3n) is 1.79. The van der Waals surface area contributed by atoms with Crippen LogP contribution in [0.5, 0.6) is 0 Å². The number of H-pyrrole nitrogens is 1. The second-order valence-electron chi connectivity index (χ2n) is 2.81. The van der Waals surface area contributed by atoms with Gasteiger partial charge < -0.3 is 10.1 Å². The minimum Gasteiger partial charge on any atom is -0.387 e. The van der Waals surface area contributed by atoms with E-state index in [1.165, 1.54) is 0 Å². The summed E-state index contributed by atoms with van der Waals surface area (Å²) in [6, 6.07) is 7.43. The van der Waals surface area contributed by atoms with Crippen molar-refractivity contribution in [3.05, 3.63) is 24.3 Å². The standard InChI is InChI=1S/C9H9N3O2/c13-5-8(14)12-9-10-6-3-1-2-4-7(6)11-9/h1-4,13H,5H2,(H2,10,11,12,14). The molecular weight excluding hydrogens is 182 g/mol. The first-order valence-corrected chi connectivity index (χ1v) is 4.15. The van der Waals surface area contributed by atoms with Crippen molar-refractivity contribution < 1.29 is 9.90 Å². The number of aliphatic hydroxyl groups is 1. The summed E-state index contributed by atoms with van der Waals surface area (Å²) in [5, 5.41) is 10.9. The Bertz CT molecular complexity index is 431. The lowest BCUT2D eigenvalue weighted by molar-refractivity contribution is -0.118. The predicted molar refractivity (Wildman–Crippen MR) is 51.8 cm³/mol. The molecule has 0 unspecified atom stereocenters. The first-order valence-electron chi connectivity index (χ1n) is 4.15. The Morgan fingerprint density at radius 3 is 3.00 bits per heavy atom. The molecule has 5 heteroatoms. The fourth-order valence-electron chi connectivity index (χ4n) is 1.18. The van der Waals surface area contributed by atoms with Gasteiger partial charge in [-0.1, -0.05) is 12.1 Å². The van der Waals surface area contributed by atoms with Crippen LogP contribution in [-0.4, -0.2) is 27.6 Å². The molecule has 2 aromatic rings. The molecule has 14 heavy (non-hydrogen) atoms. The second kappa shape index (κ2) is 3.47. The quantitative estimate of drug-likeness (QED) is 0.646. The lowest BCUT2D eigenvalue weighted by atomic mass is 10.3. The number of amides is 1. The maximum absolute atomic E-state index is 10.8. The van der Waals surface area contributed by atoms with Gasteiger partial charge in [-0.15, -0.1) is 0 Å². The van der Waals surface area contributed by atoms with Gasteiger partial charge in [-0.3, -0.25) is 10.1 Å². The Morgan fingerprint density at radius 2 is 2.29 bits per heavy atom. The fourth-order valence-corrected chi connectivity index (χ4v) is 1.18. The number of hydrogen-bond donors (Lipinski definition) is 3. The third kappa shape index (κ3) is 1.57. The van der Waals surface area contributed by atoms with Crippen LogP contribution >= 0.6 is 0 Å². The number of nitrogens with one attached hydrogen (secondary N) is 2. The van der Waals surface area contributed by atoms with E-state index in [2.05, 4.69) is 15.3 Å². The zero-order valence-electron chi connectivity index (χ0n) is 7.32. The van der Waals surface area contributed by atoms with Gasteiger partial charge >= 0.3 is 0 Å². The van der Waals surface area contributed by atoms with Gasteiger partial charge in [0.1, 0.15) is 6.61 Å². The van der Waals surface area contributed by atoms with Gasteiger partial charge in [-0.2, -0.15) is 0 Å². The highest BCUT2D eigenvalue weighted by Gasteiger charge is 2.04. The van der Waals surface area contributed by atoms with Crippen LogP contribution < -0.4 is 5.32 Å². The Labute approximate surface area is 79.8 Å². The molecule has 1 heterocycles. The largest absolute Gasteiger partial charge is 0.387 e. The number of rotatable bonds is 2. The van der Waals surface area contributed by atoms with Gasteiger partial charge in [0.25, 0.3) is 5.91 Å². The van der Waals surface area contributed by atoms with Gasteiger partial charge in [0.2, 0.25) is 5.95 Å². The van der Waals surface area contributed by atoms with Crippen LogP contribution in [0.3, 0.4) is 0 Å². The SMILES string of the molecule is O=C(CO)Nc1nc2ccccc2[nH]1. The van der Waals surface area contributed by atoms with Crippen LogP contribution in [0.1, 0.15) is 0 Å². The normalized spacial score (nSPS) is 10.4. The summed E-state index contributed by atoms with van der Waals surface area (Å²) in [6.45, 7) is -0.545. The summed E-state index contributed by atoms with van der Waals surface area (Å²) >= 11 is 0. The van der Waals surface area contributed by atoms with E-state index in [1.54, 1.807) is 0 Å². The van der Waals surface area contributed by atoms with E-state index in [0.717, 1.165) is 11.0 Å². The van der Waals surface area contributed by atoms with Gasteiger partial charge in [0, 0.05) is 0 Å². The van der Waals surface area contributed by atoms with E-state index in [1.807, 2.05) is 24.3 Å². The number of aromatic nitrogens is 2. The molecule has 3 N–H and O–H groups in total. The van der Waals surface area contributed by atoms with Crippen molar-refractivity contribution in [1.29, 1.82) is 0 Å². The summed E-state index contributed by atoms with van der Waals surface area (Å²) < 4.78 is 0. The van der Waals surface area contributed by atoms with E-state index in [9.17, 15) is 4.79 Å². The smallest absolute Gasteiger partial charge is 0.252 e. The molecule has 5 nitrogen and oxygen atoms in total. The van der Waals surface area contributed by atoms with E-state index >= 15 is 0 Å². The Morgan fingerprint density at radius 1 is 1.50 bits per heavy atom. The molecule has 0 spiro atoms. The van der Waals surface area contributed by atoms with Crippen molar-refractivity contribution in [2.75, 3.05) is 11.9 Å². The summed E-state index contributed by atoms with van der Waals surface area (Å²) in [6.07, 6.45) is 0. The molecular formula is C9H9N3O2. The van der Waals surface area contributed by atoms with E-state index < -0.39 is 12.5 Å². The first-order chi connectivity index (χ1) is 6.79. The first kappa shape index (κ1) is 8.71. The van der Waals surface area contributed by atoms with Crippen molar-refractivity contribution in [3.8, 4) is 0 Å². The topological polar surface area (TPSA) is 78.0 Å². The van der Waals surface area contributed by atoms with Crippen LogP contribution in [-0.2, 0) is 4.79 Å². The number of benzene rings is 1. The molecule has 1 amide bonds. The summed E-state index contributed by atoms with van der Waals surface area (Å²) in [5.41, 5.74) is 1.63. The lowest BCUT2D eigenvalue weighted by Gasteiger charge is -1.95. The zero-order valence-corrected chi connectivity index (χ0v) is 7.32. The third-order valence-corrected chi connectivity index (χ3v) is 1.79. The number of nitrogens with zero attached hydrogens (tertiary/aromatic N) is 1. The van der Waals surface area contributed by atoms with Crippen LogP contribution in [0.4, 0.5) is 5.95 Å². The number of imidazole rings is 1. The Hall–Kier alpha value is -1.88. The molecule has 0 saturated heterocycles. The van der Waals surface area contributed by atoms with Crippen LogP contribution in [0.15, 0.2) is 24.3 Å². The van der Waals surface area contributed by atoms with Crippen LogP contribution in [0.2, 0.25) is 0 Å². The predicted octanol–water partition coefficient (Wildman–Crippen LogP) is 0.494. The van der Waals surface area contributed by atoms with Crippen molar-refractivity contribution in [2.24, 2.45) is 0 Å². The highest BCUT2D eigenvalue weighted by molar-refractivity contribution is 5.91. The molecule has 0 radical (unpaired) electrons. The van der Waals surface area contributed by atoms with Crippen molar-refractivity contribution in [1.82, 2.24) is 9.97 Å². The number of para-hydroxylation sites is 2. The van der Waals surface area contributed by atoms with Gasteiger partial charge in [-0.05, 0) is 12.1 Å². The van der Waals surface area contributed by atoms with Gasteiger partial charge in [0.15, 0.2) is 0 Å². The number of carbonyl (C=O) groups is 1. The maximum Gasteiger partial charge on any atom is 0.252 e. The van der Waals surface area contributed by atoms with Crippen LogP contribution in [0.25, 0.3) is 11.0 Å². The van der Waals surface area contributed by atoms with Crippen molar-refractivity contribution in [2.45, 2.75) is 0 Å². The molecule has 0 atom stereocenters. The maximum atomic E-state index is 10.8. The highest BCUT2D eigenvalue weighted by atomic mass is 16.3. The average Bonchev–Trinajstić information content (AvgIpc) is 2.59. The van der Waals surface area contributed by atoms with Crippen LogP contribution in [0, 0.1) is 0 Å². The molecule has 0 aliphatic heterocycles. The molecule has 2 rings (SSSR count). The number of fused-ring (bicyclic) bond motifs is 1. The lowest BCUT2D eigenvalue weighted by Crippen LogP contribution is -2.16. The Balaban J connectivity index is 2.31. The molecule has 0 aliphatic rings. The van der Waals surface area contributed by atoms with E-state index in [-0.39, 0.29) is 0 Å². The number of hydrogen-bond acceptors (Lipinski definition) is 3. The van der Waals surface area contributed by atoms with Gasteiger partial charge in [-0.25, -0.2) is 4.98 Å². The molecule has 0 aliphatic carbocycles.